The van der Waals surface area contributed by atoms with Crippen molar-refractivity contribution >= 4 is 82.8 Å². The van der Waals surface area contributed by atoms with E-state index < -0.39 is 262 Å². The van der Waals surface area contributed by atoms with Gasteiger partial charge in [0.1, 0.15) is 126 Å². The second-order valence-electron chi connectivity index (χ2n) is 41.4. The summed E-state index contributed by atoms with van der Waals surface area (Å²) >= 11 is 7.40. The SMILES string of the molecule is Cc1cc2ccc1Oc1cc3cc(c1O[C@@H]1O[C@H](CO)[C@@H](O)[C@H](O)[C@H]1O[C@H]1C[C@](C)(NC(=O)OCC4c5ccccc5-c5ccccc54)[C@H](O)[C@H](C)O1)Oc1ccc(cc1Cl)[C@@H](O)[C@@H]1NC(=O)[C@H](NC(=O)[C@@H]3NC(=O)[C@H](CC(=O)NC(=O)Nc3ccc(OCCN(C)C(=O)OC(C)(C)C)cc3)NC(=O)[C@H](NC(=O)[C@H](C)CC(C)C)[C@@H]2O)c2ccc(O)c(c2)-c2c(O)cc(O)cc2[C@@H](C(=O)NC2C3CC4CC(C3)CC2C4)NC1=O. The molecular weight excluding hydrogens is 1940 g/mol. The lowest BCUT2D eigenvalue weighted by Gasteiger charge is -2.54. The Bertz CT molecular complexity index is 6370. The fraction of sp³-hybridized carbons (Fsp3) is 0.449. The number of rotatable bonds is 21. The number of carbonyl (C=O) groups is 11. The monoisotopic (exact) mass is 2060 g/mol. The van der Waals surface area contributed by atoms with E-state index in [2.05, 4.69) is 53.2 Å². The number of aliphatic hydroxyl groups excluding tert-OH is 6. The number of amides is 12. The summed E-state index contributed by atoms with van der Waals surface area (Å²) in [5, 5.41) is 136. The van der Waals surface area contributed by atoms with Gasteiger partial charge in [-0.1, -0.05) is 99.1 Å². The first-order valence-electron chi connectivity index (χ1n) is 49.4. The standard InChI is InChI=1S/C107H122ClN11O29/c1-48(2)31-50(4)95(130)116-86-88(125)55-20-27-74(49(3)32-55)143-76-40-59-41-77(92(76)147-102-93(91(128)90(127)78(46-120)145-102)146-80-45-107(9,94(129)51(5)142-80)118-104(138)141-47-69-65-17-13-11-15-63(65)64-16-12-14-18-66(64)69)144-75-28-21-56(39-70(75)108)89(126)87-101(136)115-85(99(134)112-82-57-34-52-33-53(36-57)37-58(82)35-52)68-42-61(121)43-73(123)81(68)67-38-54(19-26-72(67)122)83(97(132)117-87)114-98(133)84(59)113-96(131)71(110-100(86)135)44-79(124)111-103(137)109-60-22-24-62(25-23-60)140-30-29-119(10)105(139)148-106(6,7)8/h11-28,32,38-43,48,50-53,57-58,69,71,78,80,82-91,93-94,102,120-123,125-129H,29-31,33-37,44-47H2,1-10H3,(H,110,135)(H,112,134)(H,113,131)(H,114,133)(H,115,136)(H,116,130)(H,117,132)(H,118,138)(H2,109,111,124,137)/t50-,51+,52?,53?,57?,58?,71+,78-,80+,82?,83-,84-,85+,86-,87+,88-,89-,90-,91+,93-,94-,102+,107+/m1/s1. The maximum atomic E-state index is 16.9. The molecule has 0 unspecified atom stereocenters. The van der Waals surface area contributed by atoms with Crippen molar-refractivity contribution in [1.82, 2.24) is 52.8 Å². The number of aromatic hydroxyl groups is 3. The summed E-state index contributed by atoms with van der Waals surface area (Å²) in [6, 6.07) is 21.1. The third kappa shape index (κ3) is 22.9. The first kappa shape index (κ1) is 105. The van der Waals surface area contributed by atoms with Crippen LogP contribution in [0.5, 0.6) is 51.7 Å². The van der Waals surface area contributed by atoms with Gasteiger partial charge in [-0.15, -0.1) is 0 Å². The summed E-state index contributed by atoms with van der Waals surface area (Å²) in [6.07, 6.45) is -17.4. The van der Waals surface area contributed by atoms with Crippen LogP contribution >= 0.6 is 11.6 Å². The molecule has 4 saturated carbocycles. The number of alkyl carbamates (subject to hydrolysis) is 1. The molecular formula is C107H122ClN11O29. The molecule has 41 heteroatoms. The van der Waals surface area contributed by atoms with Gasteiger partial charge in [-0.2, -0.15) is 0 Å². The van der Waals surface area contributed by atoms with Crippen LogP contribution in [-0.2, 0) is 62.0 Å². The molecule has 7 heterocycles. The summed E-state index contributed by atoms with van der Waals surface area (Å²) < 4.78 is 57.5. The molecule has 6 fully saturated rings. The van der Waals surface area contributed by atoms with E-state index in [-0.39, 0.29) is 94.7 Å². The summed E-state index contributed by atoms with van der Waals surface area (Å²) in [5.41, 5.74) is -0.772. The molecule has 12 amide bonds. The zero-order chi connectivity index (χ0) is 106. The molecule has 0 spiro atoms. The number of nitrogens with zero attached hydrogens (tertiary/aromatic N) is 1. The first-order valence-corrected chi connectivity index (χ1v) is 49.8. The molecule has 20 rings (SSSR count). The lowest BCUT2D eigenvalue weighted by molar-refractivity contribution is -0.334. The quantitative estimate of drug-likeness (QED) is 0.0318. The highest BCUT2D eigenvalue weighted by atomic mass is 35.5. The van der Waals surface area contributed by atoms with Crippen molar-refractivity contribution in [2.75, 3.05) is 38.7 Å². The van der Waals surface area contributed by atoms with Gasteiger partial charge in [0.05, 0.1) is 36.2 Å². The van der Waals surface area contributed by atoms with Crippen LogP contribution in [-0.4, -0.2) is 234 Å². The van der Waals surface area contributed by atoms with Crippen molar-refractivity contribution < 1.29 is 141 Å². The predicted octanol–water partition coefficient (Wildman–Crippen LogP) is 9.35. The Morgan fingerprint density at radius 1 is 0.635 bits per heavy atom. The van der Waals surface area contributed by atoms with Crippen molar-refractivity contribution in [1.29, 1.82) is 0 Å². The zero-order valence-corrected chi connectivity index (χ0v) is 83.5. The van der Waals surface area contributed by atoms with E-state index in [0.717, 1.165) is 103 Å². The summed E-state index contributed by atoms with van der Waals surface area (Å²) in [7, 11) is 1.53. The van der Waals surface area contributed by atoms with Gasteiger partial charge in [-0.05, 0) is 244 Å². The molecule has 0 radical (unpaired) electrons. The predicted molar refractivity (Wildman–Crippen MR) is 529 cm³/mol. The molecule has 40 nitrogen and oxygen atoms in total. The van der Waals surface area contributed by atoms with Crippen LogP contribution in [0.4, 0.5) is 20.1 Å². The number of nitrogens with one attached hydrogen (secondary N) is 10. The summed E-state index contributed by atoms with van der Waals surface area (Å²) in [5.74, 6) is -14.6. The highest BCUT2D eigenvalue weighted by Crippen LogP contribution is 2.56. The minimum Gasteiger partial charge on any atom is -0.508 e. The van der Waals surface area contributed by atoms with E-state index in [0.29, 0.717) is 17.6 Å². The molecule has 786 valence electrons. The van der Waals surface area contributed by atoms with Gasteiger partial charge >= 0.3 is 18.2 Å². The topological polar surface area (TPSA) is 576 Å². The van der Waals surface area contributed by atoms with Crippen LogP contribution in [0.15, 0.2) is 152 Å². The fourth-order valence-electron chi connectivity index (χ4n) is 21.8. The summed E-state index contributed by atoms with van der Waals surface area (Å²) in [6.45, 7) is 13.8. The van der Waals surface area contributed by atoms with Crippen LogP contribution in [0.2, 0.25) is 5.02 Å². The molecule has 0 aromatic heterocycles. The van der Waals surface area contributed by atoms with Crippen molar-refractivity contribution in [2.24, 2.45) is 35.5 Å². The number of likely N-dealkylation sites (N-methyl/N-ethyl adjacent to an activating group) is 1. The second kappa shape index (κ2) is 43.5. The lowest BCUT2D eigenvalue weighted by atomic mass is 9.54. The van der Waals surface area contributed by atoms with Gasteiger partial charge < -0.3 is 141 Å². The van der Waals surface area contributed by atoms with E-state index in [1.165, 1.54) is 87.3 Å². The van der Waals surface area contributed by atoms with Crippen LogP contribution in [0.3, 0.4) is 0 Å². The van der Waals surface area contributed by atoms with E-state index in [9.17, 15) is 69.9 Å². The molecule has 5 aliphatic carbocycles. The number of imide groups is 1. The van der Waals surface area contributed by atoms with Crippen LogP contribution in [0.1, 0.15) is 188 Å². The molecule has 15 bridgehead atoms. The van der Waals surface area contributed by atoms with Crippen LogP contribution in [0.25, 0.3) is 22.3 Å². The van der Waals surface area contributed by atoms with Gasteiger partial charge in [0.2, 0.25) is 59.3 Å². The number of benzene rings is 8. The number of aryl methyl sites for hydroxylation is 1. The lowest BCUT2D eigenvalue weighted by Crippen LogP contribution is -2.66. The Hall–Kier alpha value is -13.9. The number of carbonyl (C=O) groups excluding carboxylic acids is 11. The number of fused-ring (bicyclic) bond motifs is 18. The summed E-state index contributed by atoms with van der Waals surface area (Å²) in [4.78, 5) is 169. The number of hydrogen-bond donors (Lipinski definition) is 19. The highest BCUT2D eigenvalue weighted by molar-refractivity contribution is 6.32. The number of aliphatic hydroxyl groups is 6. The smallest absolute Gasteiger partial charge is 0.410 e. The molecule has 19 N–H and O–H groups in total. The second-order valence-corrected chi connectivity index (χ2v) is 41.8. The van der Waals surface area contributed by atoms with Gasteiger partial charge in [-0.25, -0.2) is 14.4 Å². The van der Waals surface area contributed by atoms with Crippen LogP contribution < -0.4 is 72.1 Å². The Balaban J connectivity index is 0.788. The Kier molecular flexibility index (Phi) is 31.0. The number of urea groups is 1. The number of phenols is 3. The number of hydrogen-bond acceptors (Lipinski definition) is 29. The number of anilines is 1. The third-order valence-corrected chi connectivity index (χ3v) is 29.2. The number of halogens is 1. The number of phenolic OH excluding ortho intramolecular Hbond substituents is 3. The average Bonchev–Trinajstić information content (AvgIpc) is 1.20. The maximum Gasteiger partial charge on any atom is 0.410 e. The van der Waals surface area contributed by atoms with Gasteiger partial charge in [0, 0.05) is 54.2 Å². The van der Waals surface area contributed by atoms with Crippen molar-refractivity contribution in [2.45, 2.75) is 234 Å². The highest BCUT2D eigenvalue weighted by Gasteiger charge is 2.55. The molecule has 8 aromatic carbocycles. The van der Waals surface area contributed by atoms with E-state index in [1.807, 2.05) is 62.4 Å². The first-order chi connectivity index (χ1) is 70.4. The minimum absolute atomic E-state index is 0.0115. The average molecular weight is 2060 g/mol. The van der Waals surface area contributed by atoms with E-state index >= 15 is 28.8 Å². The van der Waals surface area contributed by atoms with Crippen LogP contribution in [0, 0.1) is 42.4 Å². The van der Waals surface area contributed by atoms with Gasteiger partial charge in [0.15, 0.2) is 23.9 Å². The molecule has 8 aromatic rings. The van der Waals surface area contributed by atoms with E-state index in [1.54, 1.807) is 27.7 Å². The molecule has 148 heavy (non-hydrogen) atoms. The van der Waals surface area contributed by atoms with Crippen molar-refractivity contribution in [3.63, 3.8) is 0 Å². The largest absolute Gasteiger partial charge is 0.508 e. The number of ether oxygens (including phenoxy) is 9. The van der Waals surface area contributed by atoms with E-state index in [4.69, 9.17) is 54.2 Å². The Labute approximate surface area is 856 Å². The molecule has 7 aliphatic heterocycles. The normalized spacial score (nSPS) is 27.7. The zero-order valence-electron chi connectivity index (χ0n) is 82.8. The minimum atomic E-state index is -2.46. The van der Waals surface area contributed by atoms with Gasteiger partial charge in [-0.3, -0.25) is 43.7 Å². The fourth-order valence-corrected chi connectivity index (χ4v) is 22.0. The van der Waals surface area contributed by atoms with Crippen molar-refractivity contribution in [3.05, 3.63) is 201 Å². The van der Waals surface area contributed by atoms with Gasteiger partial charge in [0.25, 0.3) is 0 Å². The third-order valence-electron chi connectivity index (χ3n) is 28.9. The molecule has 12 aliphatic rings. The Morgan fingerprint density at radius 2 is 1.26 bits per heavy atom. The molecule has 2 saturated heterocycles. The Morgan fingerprint density at radius 3 is 1.91 bits per heavy atom. The maximum absolute atomic E-state index is 16.9. The molecule has 18 atom stereocenters. The van der Waals surface area contributed by atoms with Crippen molar-refractivity contribution in [3.8, 4) is 74.0 Å².